The highest BCUT2D eigenvalue weighted by Gasteiger charge is 2.40. The van der Waals surface area contributed by atoms with Crippen LogP contribution in [-0.2, 0) is 24.1 Å². The van der Waals surface area contributed by atoms with Gasteiger partial charge in [0.25, 0.3) is 0 Å². The van der Waals surface area contributed by atoms with E-state index in [1.807, 2.05) is 0 Å². The number of aromatic hydroxyl groups is 1. The zero-order chi connectivity index (χ0) is 26.5. The van der Waals surface area contributed by atoms with Gasteiger partial charge in [0, 0.05) is 13.0 Å². The van der Waals surface area contributed by atoms with Gasteiger partial charge in [-0.3, -0.25) is 4.79 Å². The molecule has 1 saturated carbocycles. The summed E-state index contributed by atoms with van der Waals surface area (Å²) in [6.07, 6.45) is -1.58. The number of nitrogens with one attached hydrogen (secondary N) is 1. The number of Topliss-reactive ketones (excluding diaryl/α,β-unsaturated/α-hetero) is 1. The maximum absolute atomic E-state index is 13.8. The van der Waals surface area contributed by atoms with Crippen LogP contribution in [0.15, 0.2) is 36.4 Å². The van der Waals surface area contributed by atoms with Gasteiger partial charge in [-0.05, 0) is 49.9 Å². The molecule has 3 rings (SSSR count). The number of rotatable bonds is 8. The van der Waals surface area contributed by atoms with E-state index in [0.717, 1.165) is 37.3 Å². The quantitative estimate of drug-likeness (QED) is 0.385. The van der Waals surface area contributed by atoms with Crippen LogP contribution in [0.4, 0.5) is 18.0 Å². The topological polar surface area (TPSA) is 84.9 Å². The molecule has 1 aliphatic carbocycles. The molecule has 2 aromatic rings. The summed E-state index contributed by atoms with van der Waals surface area (Å²) in [7, 11) is 0. The Hall–Kier alpha value is -3.23. The number of halogens is 3. The maximum atomic E-state index is 13.8. The standard InChI is InChI=1S/C27H32F3NO5/c1-26(2,3)36-25(34)31-15-18-8-10-19(11-9-18)16-35-22-13-12-20(24(33)23(22)27(28,29)30)21(32)14-17-6-4-5-7-17/h8-13,17,33H,4-7,14-16H2,1-3H3,(H,31,34). The second-order valence-corrected chi connectivity index (χ2v) is 10.1. The van der Waals surface area contributed by atoms with Crippen molar-refractivity contribution in [2.75, 3.05) is 0 Å². The highest BCUT2D eigenvalue weighted by Crippen LogP contribution is 2.44. The molecule has 0 heterocycles. The van der Waals surface area contributed by atoms with Crippen LogP contribution in [0.3, 0.4) is 0 Å². The fourth-order valence-corrected chi connectivity index (χ4v) is 4.18. The Balaban J connectivity index is 1.66. The van der Waals surface area contributed by atoms with Crippen LogP contribution < -0.4 is 10.1 Å². The van der Waals surface area contributed by atoms with Crippen molar-refractivity contribution in [2.45, 2.75) is 77.8 Å². The highest BCUT2D eigenvalue weighted by atomic mass is 19.4. The Bertz CT molecular complexity index is 1070. The molecule has 0 aromatic heterocycles. The monoisotopic (exact) mass is 507 g/mol. The van der Waals surface area contributed by atoms with Gasteiger partial charge in [0.05, 0.1) is 5.56 Å². The smallest absolute Gasteiger partial charge is 0.423 e. The van der Waals surface area contributed by atoms with E-state index in [4.69, 9.17) is 9.47 Å². The summed E-state index contributed by atoms with van der Waals surface area (Å²) in [5.41, 5.74) is -0.939. The molecule has 1 aliphatic rings. The first-order valence-corrected chi connectivity index (χ1v) is 12.0. The number of amides is 1. The number of carbonyl (C=O) groups excluding carboxylic acids is 2. The molecule has 0 atom stereocenters. The second-order valence-electron chi connectivity index (χ2n) is 10.1. The zero-order valence-corrected chi connectivity index (χ0v) is 20.7. The fourth-order valence-electron chi connectivity index (χ4n) is 4.18. The average Bonchev–Trinajstić information content (AvgIpc) is 3.27. The number of alkyl halides is 3. The fraction of sp³-hybridized carbons (Fsp3) is 0.481. The number of phenolic OH excluding ortho intramolecular Hbond substituents is 1. The summed E-state index contributed by atoms with van der Waals surface area (Å²) in [6.45, 7) is 5.31. The number of hydrogen-bond donors (Lipinski definition) is 2. The van der Waals surface area contributed by atoms with E-state index in [1.165, 1.54) is 6.07 Å². The van der Waals surface area contributed by atoms with Gasteiger partial charge in [0.2, 0.25) is 0 Å². The molecule has 1 fully saturated rings. The molecule has 0 radical (unpaired) electrons. The minimum Gasteiger partial charge on any atom is -0.506 e. The van der Waals surface area contributed by atoms with E-state index in [9.17, 15) is 27.9 Å². The van der Waals surface area contributed by atoms with Crippen molar-refractivity contribution in [1.82, 2.24) is 5.32 Å². The minimum absolute atomic E-state index is 0.125. The summed E-state index contributed by atoms with van der Waals surface area (Å²) in [4.78, 5) is 24.3. The summed E-state index contributed by atoms with van der Waals surface area (Å²) in [5, 5.41) is 13.0. The Morgan fingerprint density at radius 3 is 2.19 bits per heavy atom. The SMILES string of the molecule is CC(C)(C)OC(=O)NCc1ccc(COc2ccc(C(=O)CC3CCCC3)c(O)c2C(F)(F)F)cc1. The van der Waals surface area contributed by atoms with Gasteiger partial charge in [-0.1, -0.05) is 49.9 Å². The maximum Gasteiger partial charge on any atom is 0.423 e. The van der Waals surface area contributed by atoms with Gasteiger partial charge in [-0.2, -0.15) is 13.2 Å². The van der Waals surface area contributed by atoms with Crippen molar-refractivity contribution in [2.24, 2.45) is 5.92 Å². The van der Waals surface area contributed by atoms with Gasteiger partial charge in [-0.15, -0.1) is 0 Å². The van der Waals surface area contributed by atoms with Gasteiger partial charge in [0.1, 0.15) is 29.3 Å². The number of benzene rings is 2. The van der Waals surface area contributed by atoms with Crippen LogP contribution in [0.1, 0.15) is 79.9 Å². The molecule has 2 N–H and O–H groups in total. The number of phenols is 1. The van der Waals surface area contributed by atoms with E-state index in [2.05, 4.69) is 5.32 Å². The predicted octanol–water partition coefficient (Wildman–Crippen LogP) is 6.78. The lowest BCUT2D eigenvalue weighted by Crippen LogP contribution is -2.32. The summed E-state index contributed by atoms with van der Waals surface area (Å²) < 4.78 is 52.0. The Morgan fingerprint density at radius 1 is 1.00 bits per heavy atom. The van der Waals surface area contributed by atoms with Gasteiger partial charge < -0.3 is 19.9 Å². The van der Waals surface area contributed by atoms with Gasteiger partial charge >= 0.3 is 12.3 Å². The van der Waals surface area contributed by atoms with Crippen LogP contribution in [0.2, 0.25) is 0 Å². The van der Waals surface area contributed by atoms with Crippen LogP contribution in [-0.4, -0.2) is 22.6 Å². The van der Waals surface area contributed by atoms with Crippen molar-refractivity contribution in [3.8, 4) is 11.5 Å². The summed E-state index contributed by atoms with van der Waals surface area (Å²) in [5.74, 6) is -1.99. The number of ketones is 1. The third kappa shape index (κ3) is 7.63. The largest absolute Gasteiger partial charge is 0.506 e. The molecule has 196 valence electrons. The molecule has 0 unspecified atom stereocenters. The Morgan fingerprint density at radius 2 is 1.61 bits per heavy atom. The molecule has 0 spiro atoms. The van der Waals surface area contributed by atoms with Crippen molar-refractivity contribution < 1.29 is 37.3 Å². The average molecular weight is 508 g/mol. The van der Waals surface area contributed by atoms with Crippen molar-refractivity contribution >= 4 is 11.9 Å². The van der Waals surface area contributed by atoms with Crippen molar-refractivity contribution in [3.05, 3.63) is 58.7 Å². The molecular formula is C27H32F3NO5. The van der Waals surface area contributed by atoms with Crippen LogP contribution in [0.25, 0.3) is 0 Å². The van der Waals surface area contributed by atoms with E-state index in [-0.39, 0.29) is 31.1 Å². The minimum atomic E-state index is -4.90. The molecular weight excluding hydrogens is 475 g/mol. The number of hydrogen-bond acceptors (Lipinski definition) is 5. The molecule has 0 bridgehead atoms. The summed E-state index contributed by atoms with van der Waals surface area (Å²) >= 11 is 0. The third-order valence-corrected chi connectivity index (χ3v) is 5.93. The lowest BCUT2D eigenvalue weighted by Gasteiger charge is -2.19. The number of carbonyl (C=O) groups is 2. The molecule has 6 nitrogen and oxygen atoms in total. The molecule has 9 heteroatoms. The van der Waals surface area contributed by atoms with Crippen LogP contribution in [0, 0.1) is 5.92 Å². The number of alkyl carbamates (subject to hydrolysis) is 1. The first-order chi connectivity index (χ1) is 16.8. The first kappa shape index (κ1) is 27.4. The zero-order valence-electron chi connectivity index (χ0n) is 20.7. The lowest BCUT2D eigenvalue weighted by molar-refractivity contribution is -0.140. The van der Waals surface area contributed by atoms with E-state index >= 15 is 0 Å². The van der Waals surface area contributed by atoms with Crippen LogP contribution >= 0.6 is 0 Å². The van der Waals surface area contributed by atoms with Crippen molar-refractivity contribution in [3.63, 3.8) is 0 Å². The first-order valence-electron chi connectivity index (χ1n) is 12.0. The predicted molar refractivity (Wildman–Crippen MR) is 128 cm³/mol. The van der Waals surface area contributed by atoms with Crippen molar-refractivity contribution in [1.29, 1.82) is 0 Å². The van der Waals surface area contributed by atoms with E-state index in [0.29, 0.717) is 5.56 Å². The molecule has 36 heavy (non-hydrogen) atoms. The highest BCUT2D eigenvalue weighted by molar-refractivity contribution is 5.99. The van der Waals surface area contributed by atoms with Gasteiger partial charge in [0.15, 0.2) is 5.78 Å². The second kappa shape index (κ2) is 11.2. The molecule has 0 aliphatic heterocycles. The number of ether oxygens (including phenoxy) is 2. The summed E-state index contributed by atoms with van der Waals surface area (Å²) in [6, 6.07) is 9.04. The molecule has 1 amide bonds. The third-order valence-electron chi connectivity index (χ3n) is 5.93. The van der Waals surface area contributed by atoms with E-state index in [1.54, 1.807) is 45.0 Å². The van der Waals surface area contributed by atoms with E-state index < -0.39 is 40.7 Å². The van der Waals surface area contributed by atoms with Gasteiger partial charge in [-0.25, -0.2) is 4.79 Å². The lowest BCUT2D eigenvalue weighted by atomic mass is 9.95. The Labute approximate surface area is 208 Å². The molecule has 0 saturated heterocycles. The molecule has 2 aromatic carbocycles. The normalized spacial score (nSPS) is 14.5. The Kier molecular flexibility index (Phi) is 8.53. The van der Waals surface area contributed by atoms with Crippen LogP contribution in [0.5, 0.6) is 11.5 Å².